The summed E-state index contributed by atoms with van der Waals surface area (Å²) < 4.78 is 0. The quantitative estimate of drug-likeness (QED) is 0.754. The zero-order valence-corrected chi connectivity index (χ0v) is 10.4. The number of nitrogens with zero attached hydrogens (tertiary/aromatic N) is 2. The van der Waals surface area contributed by atoms with Crippen molar-refractivity contribution in [2.45, 2.75) is 10.8 Å². The second kappa shape index (κ2) is 7.28. The molecule has 0 amide bonds. The summed E-state index contributed by atoms with van der Waals surface area (Å²) in [6.45, 7) is 0. The Hall–Kier alpha value is -1.04. The van der Waals surface area contributed by atoms with Crippen LogP contribution < -0.4 is 0 Å². The van der Waals surface area contributed by atoms with Crippen molar-refractivity contribution in [2.75, 3.05) is 0 Å². The summed E-state index contributed by atoms with van der Waals surface area (Å²) in [5, 5.41) is 4.35. The number of hydrogen-bond acceptors (Lipinski definition) is 2. The molecule has 0 saturated carbocycles. The van der Waals surface area contributed by atoms with E-state index in [-0.39, 0.29) is 0 Å². The van der Waals surface area contributed by atoms with E-state index in [1.807, 2.05) is 36.4 Å². The molecule has 3 heteroatoms. The van der Waals surface area contributed by atoms with Gasteiger partial charge in [-0.25, -0.2) is 0 Å². The van der Waals surface area contributed by atoms with E-state index in [9.17, 15) is 0 Å². The molecule has 0 N–H and O–H groups in total. The largest absolute Gasteiger partial charge is 0.255 e. The molecule has 2 aromatic rings. The number of rotatable bonds is 1. The van der Waals surface area contributed by atoms with Crippen molar-refractivity contribution >= 4 is 0 Å². The van der Waals surface area contributed by atoms with Crippen LogP contribution in [-0.2, 0) is 18.0 Å². The first-order chi connectivity index (χ1) is 7.38. The smallest absolute Gasteiger partial charge is 0.0886 e. The summed E-state index contributed by atoms with van der Waals surface area (Å²) in [5.74, 6) is 0. The van der Waals surface area contributed by atoms with Gasteiger partial charge in [-0.05, 0) is 24.3 Å². The van der Waals surface area contributed by atoms with Crippen LogP contribution in [-0.4, -0.2) is 9.97 Å². The van der Waals surface area contributed by atoms with E-state index in [4.69, 9.17) is 0 Å². The summed E-state index contributed by atoms with van der Waals surface area (Å²) >= 11 is 0.950. The minimum Gasteiger partial charge on any atom is -0.255 e. The van der Waals surface area contributed by atoms with Crippen LogP contribution in [0.25, 0.3) is 11.4 Å². The molecule has 0 aliphatic rings. The predicted octanol–water partition coefficient (Wildman–Crippen LogP) is 3.31. The molecule has 0 atom stereocenters. The molecular formula is C12H14N2Pd. The van der Waals surface area contributed by atoms with Gasteiger partial charge in [0.1, 0.15) is 0 Å². The van der Waals surface area contributed by atoms with Gasteiger partial charge in [-0.15, -0.1) is 0 Å². The summed E-state index contributed by atoms with van der Waals surface area (Å²) in [4.78, 5) is 8.37. The van der Waals surface area contributed by atoms with E-state index in [1.54, 1.807) is 12.4 Å². The van der Waals surface area contributed by atoms with E-state index >= 15 is 0 Å². The van der Waals surface area contributed by atoms with Gasteiger partial charge in [0.2, 0.25) is 0 Å². The first-order valence-corrected chi connectivity index (χ1v) is 7.53. The van der Waals surface area contributed by atoms with Crippen LogP contribution in [0.15, 0.2) is 48.8 Å². The van der Waals surface area contributed by atoms with Crippen LogP contribution in [0, 0.1) is 0 Å². The Labute approximate surface area is 98.9 Å². The average Bonchev–Trinajstić information content (AvgIpc) is 2.32. The van der Waals surface area contributed by atoms with Crippen molar-refractivity contribution in [1.82, 2.24) is 9.97 Å². The van der Waals surface area contributed by atoms with Crippen LogP contribution in [0.1, 0.15) is 0 Å². The molecule has 2 rings (SSSR count). The molecule has 0 saturated heterocycles. The second-order valence-corrected chi connectivity index (χ2v) is 4.30. The Bertz CT molecular complexity index is 324. The number of hydrogen-bond donors (Lipinski definition) is 0. The van der Waals surface area contributed by atoms with Gasteiger partial charge in [0.15, 0.2) is 0 Å². The van der Waals surface area contributed by atoms with Gasteiger partial charge in [-0.3, -0.25) is 9.97 Å². The molecule has 2 nitrogen and oxygen atoms in total. The summed E-state index contributed by atoms with van der Waals surface area (Å²) in [6.07, 6.45) is 3.54. The molecule has 15 heavy (non-hydrogen) atoms. The molecule has 0 unspecified atom stereocenters. The molecule has 82 valence electrons. The average molecular weight is 293 g/mol. The minimum absolute atomic E-state index is 0.915. The maximum Gasteiger partial charge on any atom is 0.0886 e. The third-order valence-electron chi connectivity index (χ3n) is 1.59. The maximum absolute atomic E-state index is 4.19. The van der Waals surface area contributed by atoms with E-state index in [0.717, 1.165) is 29.4 Å². The van der Waals surface area contributed by atoms with E-state index in [2.05, 4.69) is 20.8 Å². The maximum atomic E-state index is 4.19. The van der Waals surface area contributed by atoms with Crippen LogP contribution in [0.3, 0.4) is 0 Å². The molecule has 0 aliphatic heterocycles. The van der Waals surface area contributed by atoms with Crippen molar-refractivity contribution in [3.63, 3.8) is 0 Å². The fourth-order valence-corrected chi connectivity index (χ4v) is 1.03. The van der Waals surface area contributed by atoms with Crippen LogP contribution in [0.5, 0.6) is 0 Å². The summed E-state index contributed by atoms with van der Waals surface area (Å²) in [5.41, 5.74) is 1.83. The Morgan fingerprint density at radius 3 is 1.47 bits per heavy atom. The van der Waals surface area contributed by atoms with Crippen molar-refractivity contribution < 1.29 is 18.0 Å². The molecule has 2 heterocycles. The van der Waals surface area contributed by atoms with Crippen molar-refractivity contribution in [2.24, 2.45) is 0 Å². The van der Waals surface area contributed by atoms with Gasteiger partial charge in [-0.1, -0.05) is 12.1 Å². The zero-order chi connectivity index (χ0) is 10.9. The molecule has 0 spiro atoms. The van der Waals surface area contributed by atoms with Crippen molar-refractivity contribution in [3.05, 3.63) is 48.8 Å². The molecule has 0 fully saturated rings. The second-order valence-electron chi connectivity index (χ2n) is 2.75. The summed E-state index contributed by atoms with van der Waals surface area (Å²) in [6, 6.07) is 11.6. The van der Waals surface area contributed by atoms with Gasteiger partial charge in [-0.2, -0.15) is 0 Å². The molecular weight excluding hydrogens is 279 g/mol. The third-order valence-corrected chi connectivity index (χ3v) is 1.59. The van der Waals surface area contributed by atoms with Gasteiger partial charge >= 0.3 is 28.8 Å². The fourth-order valence-electron chi connectivity index (χ4n) is 1.03. The van der Waals surface area contributed by atoms with E-state index in [1.165, 1.54) is 0 Å². The first kappa shape index (κ1) is 12.0. The molecule has 2 aromatic heterocycles. The van der Waals surface area contributed by atoms with Crippen molar-refractivity contribution in [3.8, 4) is 11.4 Å². The standard InChI is InChI=1S/C10H8N2.2CH3.Pd/c1-3-7-11-9(5-1)10-6-2-4-8-12-10;;;/h1-8H;2*1H3;. The Morgan fingerprint density at radius 2 is 1.20 bits per heavy atom. The number of aromatic nitrogens is 2. The van der Waals surface area contributed by atoms with Crippen LogP contribution in [0.4, 0.5) is 0 Å². The first-order valence-electron chi connectivity index (χ1n) is 4.42. The van der Waals surface area contributed by atoms with E-state index < -0.39 is 0 Å². The summed E-state index contributed by atoms with van der Waals surface area (Å²) in [7, 11) is 0. The molecule has 0 aromatic carbocycles. The SMILES string of the molecule is [CH3][Pd][CH3].c1ccc(-c2ccccn2)nc1. The fraction of sp³-hybridized carbons (Fsp3) is 0.167. The zero-order valence-electron chi connectivity index (χ0n) is 8.83. The van der Waals surface area contributed by atoms with Crippen LogP contribution in [0.2, 0.25) is 10.8 Å². The van der Waals surface area contributed by atoms with Gasteiger partial charge < -0.3 is 0 Å². The molecule has 0 radical (unpaired) electrons. The van der Waals surface area contributed by atoms with E-state index in [0.29, 0.717) is 0 Å². The van der Waals surface area contributed by atoms with Gasteiger partial charge in [0, 0.05) is 12.4 Å². The minimum atomic E-state index is 0.915. The molecule has 0 aliphatic carbocycles. The predicted molar refractivity (Wildman–Crippen MR) is 59.2 cm³/mol. The number of pyridine rings is 2. The monoisotopic (exact) mass is 292 g/mol. The van der Waals surface area contributed by atoms with Crippen molar-refractivity contribution in [1.29, 1.82) is 0 Å². The molecule has 0 bridgehead atoms. The Morgan fingerprint density at radius 1 is 0.800 bits per heavy atom. The normalized spacial score (nSPS) is 9.20. The Kier molecular flexibility index (Phi) is 5.84. The third kappa shape index (κ3) is 4.33. The topological polar surface area (TPSA) is 25.8 Å². The van der Waals surface area contributed by atoms with Gasteiger partial charge in [0.05, 0.1) is 11.4 Å². The van der Waals surface area contributed by atoms with Crippen LogP contribution >= 0.6 is 0 Å². The Balaban J connectivity index is 0.000000337. The van der Waals surface area contributed by atoms with Gasteiger partial charge in [0.25, 0.3) is 0 Å².